The van der Waals surface area contributed by atoms with Crippen LogP contribution in [0.5, 0.6) is 5.75 Å². The van der Waals surface area contributed by atoms with Gasteiger partial charge < -0.3 is 10.8 Å². The summed E-state index contributed by atoms with van der Waals surface area (Å²) in [5.74, 6) is -0.102. The first kappa shape index (κ1) is 17.5. The number of nitrogens with two attached hydrogens (primary N) is 1. The minimum absolute atomic E-state index is 0.102. The van der Waals surface area contributed by atoms with E-state index in [-0.39, 0.29) is 21.9 Å². The first-order chi connectivity index (χ1) is 10.9. The second kappa shape index (κ2) is 7.64. The van der Waals surface area contributed by atoms with Crippen molar-refractivity contribution in [3.8, 4) is 5.75 Å². The Morgan fingerprint density at radius 3 is 2.57 bits per heavy atom. The largest absolute Gasteiger partial charge is 0.506 e. The summed E-state index contributed by atoms with van der Waals surface area (Å²) in [6.45, 7) is 1.93. The summed E-state index contributed by atoms with van der Waals surface area (Å²) in [5, 5.41) is 16.4. The highest BCUT2D eigenvalue weighted by atomic mass is 35.5. The normalized spacial score (nSPS) is 12.3. The van der Waals surface area contributed by atoms with Gasteiger partial charge in [0.2, 0.25) is 0 Å². The van der Waals surface area contributed by atoms with Gasteiger partial charge in [0, 0.05) is 10.6 Å². The molecule has 1 unspecified atom stereocenters. The van der Waals surface area contributed by atoms with E-state index in [1.807, 2.05) is 37.3 Å². The van der Waals surface area contributed by atoms with Gasteiger partial charge in [0.1, 0.15) is 5.75 Å². The first-order valence-electron chi connectivity index (χ1n) is 6.75. The molecule has 0 amide bonds. The standard InChI is InChI=1S/C16H15Cl2N3OS/c1-10(11-5-3-2-4-6-11)21(16(19)23)20-9-12-7-13(17)8-14(18)15(12)22/h2-10,22H,1H3,(H2,19,23)/b20-9+. The number of hydrogen-bond acceptors (Lipinski definition) is 3. The van der Waals surface area contributed by atoms with Crippen LogP contribution < -0.4 is 5.73 Å². The van der Waals surface area contributed by atoms with Crippen LogP contribution in [0.25, 0.3) is 0 Å². The average Bonchev–Trinajstić information content (AvgIpc) is 2.52. The van der Waals surface area contributed by atoms with E-state index in [2.05, 4.69) is 5.10 Å². The molecule has 0 aliphatic carbocycles. The molecule has 120 valence electrons. The Labute approximate surface area is 150 Å². The summed E-state index contributed by atoms with van der Waals surface area (Å²) in [5.41, 5.74) is 7.15. The van der Waals surface area contributed by atoms with Crippen molar-refractivity contribution < 1.29 is 5.11 Å². The Hall–Kier alpha value is -1.82. The number of hydrazone groups is 1. The highest BCUT2D eigenvalue weighted by molar-refractivity contribution is 7.80. The van der Waals surface area contributed by atoms with Gasteiger partial charge in [-0.05, 0) is 36.8 Å². The van der Waals surface area contributed by atoms with E-state index in [0.29, 0.717) is 10.6 Å². The van der Waals surface area contributed by atoms with Crippen molar-refractivity contribution in [1.29, 1.82) is 0 Å². The van der Waals surface area contributed by atoms with E-state index >= 15 is 0 Å². The number of benzene rings is 2. The average molecular weight is 368 g/mol. The minimum atomic E-state index is -0.165. The third kappa shape index (κ3) is 4.34. The maximum Gasteiger partial charge on any atom is 0.187 e. The van der Waals surface area contributed by atoms with Crippen LogP contribution in [0.4, 0.5) is 0 Å². The molecule has 0 saturated carbocycles. The van der Waals surface area contributed by atoms with Crippen LogP contribution in [0.15, 0.2) is 47.6 Å². The van der Waals surface area contributed by atoms with Crippen molar-refractivity contribution in [2.45, 2.75) is 13.0 Å². The van der Waals surface area contributed by atoms with E-state index in [9.17, 15) is 5.11 Å². The van der Waals surface area contributed by atoms with Crippen molar-refractivity contribution in [3.05, 3.63) is 63.6 Å². The van der Waals surface area contributed by atoms with Gasteiger partial charge in [-0.1, -0.05) is 53.5 Å². The van der Waals surface area contributed by atoms with E-state index in [1.54, 1.807) is 6.07 Å². The molecular formula is C16H15Cl2N3OS. The van der Waals surface area contributed by atoms with Gasteiger partial charge in [-0.2, -0.15) is 5.10 Å². The lowest BCUT2D eigenvalue weighted by atomic mass is 10.1. The number of phenolic OH excluding ortho intramolecular Hbond substituents is 1. The van der Waals surface area contributed by atoms with Gasteiger partial charge in [-0.15, -0.1) is 0 Å². The Bertz CT molecular complexity index is 738. The molecule has 0 spiro atoms. The van der Waals surface area contributed by atoms with Crippen molar-refractivity contribution in [3.63, 3.8) is 0 Å². The second-order valence-corrected chi connectivity index (χ2v) is 6.10. The lowest BCUT2D eigenvalue weighted by Crippen LogP contribution is -2.33. The number of thiocarbonyl (C=S) groups is 1. The predicted molar refractivity (Wildman–Crippen MR) is 99.2 cm³/mol. The van der Waals surface area contributed by atoms with Gasteiger partial charge in [-0.3, -0.25) is 0 Å². The zero-order chi connectivity index (χ0) is 17.0. The molecule has 7 heteroatoms. The van der Waals surface area contributed by atoms with Crippen LogP contribution >= 0.6 is 35.4 Å². The summed E-state index contributed by atoms with van der Waals surface area (Å²) >= 11 is 16.9. The summed E-state index contributed by atoms with van der Waals surface area (Å²) in [6.07, 6.45) is 1.42. The van der Waals surface area contributed by atoms with Crippen LogP contribution in [0.1, 0.15) is 24.1 Å². The fourth-order valence-electron chi connectivity index (χ4n) is 2.03. The number of halogens is 2. The van der Waals surface area contributed by atoms with Gasteiger partial charge >= 0.3 is 0 Å². The van der Waals surface area contributed by atoms with E-state index in [0.717, 1.165) is 5.56 Å². The van der Waals surface area contributed by atoms with Crippen LogP contribution in [-0.4, -0.2) is 21.4 Å². The van der Waals surface area contributed by atoms with Gasteiger partial charge in [0.15, 0.2) is 5.11 Å². The van der Waals surface area contributed by atoms with Gasteiger partial charge in [-0.25, -0.2) is 5.01 Å². The number of hydrogen-bond donors (Lipinski definition) is 2. The van der Waals surface area contributed by atoms with Gasteiger partial charge in [0.05, 0.1) is 17.3 Å². The molecular weight excluding hydrogens is 353 g/mol. The summed E-state index contributed by atoms with van der Waals surface area (Å²) in [6, 6.07) is 12.5. The third-order valence-electron chi connectivity index (χ3n) is 3.25. The Morgan fingerprint density at radius 1 is 1.30 bits per heavy atom. The SMILES string of the molecule is CC(c1ccccc1)N(/N=C/c1cc(Cl)cc(Cl)c1O)C(N)=S. The molecule has 0 fully saturated rings. The number of rotatable bonds is 4. The van der Waals surface area contributed by atoms with Crippen molar-refractivity contribution in [2.75, 3.05) is 0 Å². The number of nitrogens with zero attached hydrogens (tertiary/aromatic N) is 2. The zero-order valence-corrected chi connectivity index (χ0v) is 14.6. The van der Waals surface area contributed by atoms with Crippen molar-refractivity contribution in [2.24, 2.45) is 10.8 Å². The fraction of sp³-hybridized carbons (Fsp3) is 0.125. The molecule has 23 heavy (non-hydrogen) atoms. The molecule has 0 bridgehead atoms. The highest BCUT2D eigenvalue weighted by Crippen LogP contribution is 2.30. The molecule has 2 aromatic rings. The molecule has 0 radical (unpaired) electrons. The molecule has 2 rings (SSSR count). The van der Waals surface area contributed by atoms with Crippen LogP contribution in [0.2, 0.25) is 10.0 Å². The van der Waals surface area contributed by atoms with Crippen molar-refractivity contribution in [1.82, 2.24) is 5.01 Å². The zero-order valence-electron chi connectivity index (χ0n) is 12.3. The summed E-state index contributed by atoms with van der Waals surface area (Å²) < 4.78 is 0. The summed E-state index contributed by atoms with van der Waals surface area (Å²) in [4.78, 5) is 0. The maximum atomic E-state index is 9.96. The first-order valence-corrected chi connectivity index (χ1v) is 7.92. The van der Waals surface area contributed by atoms with Crippen molar-refractivity contribution >= 4 is 46.7 Å². The molecule has 0 aliphatic heterocycles. The molecule has 2 aromatic carbocycles. The lowest BCUT2D eigenvalue weighted by molar-refractivity contribution is 0.358. The highest BCUT2D eigenvalue weighted by Gasteiger charge is 2.16. The lowest BCUT2D eigenvalue weighted by Gasteiger charge is -2.24. The molecule has 0 aliphatic rings. The number of aromatic hydroxyl groups is 1. The Kier molecular flexibility index (Phi) is 5.82. The quantitative estimate of drug-likeness (QED) is 0.479. The second-order valence-electron chi connectivity index (χ2n) is 4.84. The third-order valence-corrected chi connectivity index (χ3v) is 3.95. The van der Waals surface area contributed by atoms with E-state index < -0.39 is 0 Å². The topological polar surface area (TPSA) is 61.8 Å². The molecule has 3 N–H and O–H groups in total. The maximum absolute atomic E-state index is 9.96. The van der Waals surface area contributed by atoms with E-state index in [4.69, 9.17) is 41.2 Å². The Balaban J connectivity index is 2.32. The molecule has 1 atom stereocenters. The number of phenols is 1. The van der Waals surface area contributed by atoms with Gasteiger partial charge in [0.25, 0.3) is 0 Å². The smallest absolute Gasteiger partial charge is 0.187 e. The van der Waals surface area contributed by atoms with E-state index in [1.165, 1.54) is 17.3 Å². The minimum Gasteiger partial charge on any atom is -0.506 e. The fourth-order valence-corrected chi connectivity index (χ4v) is 2.74. The van der Waals surface area contributed by atoms with Crippen LogP contribution in [0, 0.1) is 0 Å². The van der Waals surface area contributed by atoms with Crippen LogP contribution in [0.3, 0.4) is 0 Å². The molecule has 0 heterocycles. The molecule has 4 nitrogen and oxygen atoms in total. The molecule has 0 aromatic heterocycles. The monoisotopic (exact) mass is 367 g/mol. The summed E-state index contributed by atoms with van der Waals surface area (Å²) in [7, 11) is 0. The predicted octanol–water partition coefficient (Wildman–Crippen LogP) is 4.34. The Morgan fingerprint density at radius 2 is 1.96 bits per heavy atom. The molecule has 0 saturated heterocycles. The van der Waals surface area contributed by atoms with Crippen LogP contribution in [-0.2, 0) is 0 Å².